The molecule has 0 atom stereocenters. The third-order valence-corrected chi connectivity index (χ3v) is 8.04. The van der Waals surface area contributed by atoms with Crippen LogP contribution in [0.1, 0.15) is 18.4 Å². The molecule has 192 valence electrons. The Kier molecular flexibility index (Phi) is 8.27. The molecule has 1 aliphatic rings. The number of rotatable bonds is 8. The SMILES string of the molecule is O=S(=O)(Nc1ccc(F)c(F)c1Nc1ccc(I)cc1F)N1CCC(NCc2ccc(O)cc2)CC1. The van der Waals surface area contributed by atoms with Gasteiger partial charge in [-0.15, -0.1) is 0 Å². The van der Waals surface area contributed by atoms with Gasteiger partial charge < -0.3 is 15.7 Å². The van der Waals surface area contributed by atoms with Crippen molar-refractivity contribution in [2.24, 2.45) is 0 Å². The van der Waals surface area contributed by atoms with Crippen molar-refractivity contribution in [2.45, 2.75) is 25.4 Å². The lowest BCUT2D eigenvalue weighted by molar-refractivity contribution is 0.290. The minimum atomic E-state index is -4.09. The highest BCUT2D eigenvalue weighted by atomic mass is 127. The molecule has 4 rings (SSSR count). The second kappa shape index (κ2) is 11.2. The van der Waals surface area contributed by atoms with E-state index in [-0.39, 0.29) is 36.3 Å². The number of hydrogen-bond acceptors (Lipinski definition) is 5. The number of hydrogen-bond donors (Lipinski definition) is 4. The Hall–Kier alpha value is -2.55. The highest BCUT2D eigenvalue weighted by molar-refractivity contribution is 14.1. The summed E-state index contributed by atoms with van der Waals surface area (Å²) in [7, 11) is -4.09. The molecule has 0 saturated carbocycles. The minimum absolute atomic E-state index is 0.0922. The van der Waals surface area contributed by atoms with Crippen molar-refractivity contribution in [2.75, 3.05) is 23.1 Å². The normalized spacial score (nSPS) is 15.1. The number of nitrogens with one attached hydrogen (secondary N) is 3. The van der Waals surface area contributed by atoms with Crippen LogP contribution in [0.15, 0.2) is 54.6 Å². The van der Waals surface area contributed by atoms with Gasteiger partial charge in [0.2, 0.25) is 0 Å². The third-order valence-electron chi connectivity index (χ3n) is 5.85. The molecule has 0 aromatic heterocycles. The Balaban J connectivity index is 1.42. The Morgan fingerprint density at radius 2 is 1.61 bits per heavy atom. The number of halogens is 4. The topological polar surface area (TPSA) is 93.7 Å². The first kappa shape index (κ1) is 26.5. The maximum Gasteiger partial charge on any atom is 0.301 e. The second-order valence-electron chi connectivity index (χ2n) is 8.36. The van der Waals surface area contributed by atoms with Crippen LogP contribution in [-0.4, -0.2) is 37.0 Å². The summed E-state index contributed by atoms with van der Waals surface area (Å²) >= 11 is 1.91. The van der Waals surface area contributed by atoms with Crippen LogP contribution >= 0.6 is 22.6 Å². The van der Waals surface area contributed by atoms with Crippen LogP contribution in [0.2, 0.25) is 0 Å². The minimum Gasteiger partial charge on any atom is -0.508 e. The van der Waals surface area contributed by atoms with Gasteiger partial charge in [0.1, 0.15) is 17.3 Å². The molecule has 4 N–H and O–H groups in total. The molecule has 0 radical (unpaired) electrons. The molecule has 1 heterocycles. The highest BCUT2D eigenvalue weighted by Gasteiger charge is 2.29. The van der Waals surface area contributed by atoms with Crippen molar-refractivity contribution in [3.05, 3.63) is 81.2 Å². The zero-order chi connectivity index (χ0) is 25.9. The van der Waals surface area contributed by atoms with E-state index in [4.69, 9.17) is 0 Å². The Morgan fingerprint density at radius 3 is 2.28 bits per heavy atom. The predicted molar refractivity (Wildman–Crippen MR) is 141 cm³/mol. The fourth-order valence-electron chi connectivity index (χ4n) is 3.86. The summed E-state index contributed by atoms with van der Waals surface area (Å²) in [5.74, 6) is -3.04. The molecule has 1 fully saturated rings. The van der Waals surface area contributed by atoms with Crippen LogP contribution in [0.4, 0.5) is 30.2 Å². The number of piperidine rings is 1. The van der Waals surface area contributed by atoms with Crippen molar-refractivity contribution in [1.29, 1.82) is 0 Å². The van der Waals surface area contributed by atoms with E-state index >= 15 is 0 Å². The first-order chi connectivity index (χ1) is 17.1. The first-order valence-electron chi connectivity index (χ1n) is 11.1. The molecule has 0 amide bonds. The van der Waals surface area contributed by atoms with Crippen LogP contribution in [0.3, 0.4) is 0 Å². The highest BCUT2D eigenvalue weighted by Crippen LogP contribution is 2.33. The molecule has 36 heavy (non-hydrogen) atoms. The molecule has 1 aliphatic heterocycles. The van der Waals surface area contributed by atoms with Crippen LogP contribution in [0.5, 0.6) is 5.75 Å². The van der Waals surface area contributed by atoms with E-state index in [1.807, 2.05) is 22.6 Å². The summed E-state index contributed by atoms with van der Waals surface area (Å²) in [4.78, 5) is 0. The maximum atomic E-state index is 14.6. The Bertz CT molecular complexity index is 1340. The summed E-state index contributed by atoms with van der Waals surface area (Å²) in [6, 6.07) is 13.0. The molecule has 3 aromatic rings. The molecule has 0 unspecified atom stereocenters. The van der Waals surface area contributed by atoms with E-state index in [1.165, 1.54) is 16.4 Å². The lowest BCUT2D eigenvalue weighted by atomic mass is 10.1. The van der Waals surface area contributed by atoms with Crippen molar-refractivity contribution < 1.29 is 26.7 Å². The van der Waals surface area contributed by atoms with Gasteiger partial charge >= 0.3 is 10.2 Å². The average molecular weight is 632 g/mol. The lowest BCUT2D eigenvalue weighted by Gasteiger charge is -2.32. The second-order valence-corrected chi connectivity index (χ2v) is 11.3. The predicted octanol–water partition coefficient (Wildman–Crippen LogP) is 5.07. The summed E-state index contributed by atoms with van der Waals surface area (Å²) < 4.78 is 73.1. The van der Waals surface area contributed by atoms with Gasteiger partial charge in [-0.3, -0.25) is 4.72 Å². The van der Waals surface area contributed by atoms with Crippen molar-refractivity contribution in [1.82, 2.24) is 9.62 Å². The lowest BCUT2D eigenvalue weighted by Crippen LogP contribution is -2.46. The number of aromatic hydroxyl groups is 1. The largest absolute Gasteiger partial charge is 0.508 e. The van der Waals surface area contributed by atoms with E-state index in [0.29, 0.717) is 23.0 Å². The zero-order valence-corrected chi connectivity index (χ0v) is 21.9. The van der Waals surface area contributed by atoms with Gasteiger partial charge in [0.25, 0.3) is 0 Å². The standard InChI is InChI=1S/C24H24F3IN4O3S/c25-19-6-8-22(24(23(19)27)30-21-7-3-16(28)13-20(21)26)31-36(34,35)32-11-9-17(10-12-32)29-14-15-1-4-18(33)5-2-15/h1-8,13,17,29-31,33H,9-12,14H2. The van der Waals surface area contributed by atoms with Gasteiger partial charge in [-0.1, -0.05) is 12.1 Å². The van der Waals surface area contributed by atoms with Crippen LogP contribution in [0.25, 0.3) is 0 Å². The van der Waals surface area contributed by atoms with Gasteiger partial charge in [-0.05, 0) is 83.5 Å². The summed E-state index contributed by atoms with van der Waals surface area (Å²) in [5, 5.41) is 15.2. The van der Waals surface area contributed by atoms with E-state index in [9.17, 15) is 26.7 Å². The van der Waals surface area contributed by atoms with Gasteiger partial charge in [0, 0.05) is 29.2 Å². The van der Waals surface area contributed by atoms with Gasteiger partial charge in [0.15, 0.2) is 11.6 Å². The van der Waals surface area contributed by atoms with Gasteiger partial charge in [-0.2, -0.15) is 12.7 Å². The molecular formula is C24H24F3IN4O3S. The van der Waals surface area contributed by atoms with E-state index in [2.05, 4.69) is 15.4 Å². The van der Waals surface area contributed by atoms with E-state index < -0.39 is 33.3 Å². The van der Waals surface area contributed by atoms with Crippen molar-refractivity contribution in [3.63, 3.8) is 0 Å². The Labute approximate surface area is 221 Å². The van der Waals surface area contributed by atoms with Crippen molar-refractivity contribution in [3.8, 4) is 5.75 Å². The molecule has 7 nitrogen and oxygen atoms in total. The van der Waals surface area contributed by atoms with Gasteiger partial charge in [-0.25, -0.2) is 13.2 Å². The third kappa shape index (κ3) is 6.41. The molecule has 12 heteroatoms. The number of anilines is 3. The maximum absolute atomic E-state index is 14.6. The molecule has 0 spiro atoms. The Morgan fingerprint density at radius 1 is 0.944 bits per heavy atom. The van der Waals surface area contributed by atoms with E-state index in [0.717, 1.165) is 17.7 Å². The molecule has 3 aromatic carbocycles. The summed E-state index contributed by atoms with van der Waals surface area (Å²) in [5.41, 5.74) is 0.122. The summed E-state index contributed by atoms with van der Waals surface area (Å²) in [6.07, 6.45) is 1.10. The number of nitrogens with zero attached hydrogens (tertiary/aromatic N) is 1. The van der Waals surface area contributed by atoms with Crippen molar-refractivity contribution >= 4 is 49.9 Å². The first-order valence-corrected chi connectivity index (χ1v) is 13.6. The molecular weight excluding hydrogens is 608 g/mol. The summed E-state index contributed by atoms with van der Waals surface area (Å²) in [6.45, 7) is 1.02. The average Bonchev–Trinajstić information content (AvgIpc) is 2.85. The fraction of sp³-hybridized carbons (Fsp3) is 0.250. The number of phenolic OH excluding ortho intramolecular Hbond substituents is 1. The fourth-order valence-corrected chi connectivity index (χ4v) is 5.59. The van der Waals surface area contributed by atoms with Crippen LogP contribution in [-0.2, 0) is 16.8 Å². The quantitative estimate of drug-likeness (QED) is 0.261. The van der Waals surface area contributed by atoms with Crippen LogP contribution in [0, 0.1) is 21.0 Å². The number of phenols is 1. The molecule has 1 saturated heterocycles. The molecule has 0 aliphatic carbocycles. The van der Waals surface area contributed by atoms with Crippen LogP contribution < -0.4 is 15.4 Å². The molecule has 0 bridgehead atoms. The monoisotopic (exact) mass is 632 g/mol. The smallest absolute Gasteiger partial charge is 0.301 e. The van der Waals surface area contributed by atoms with E-state index in [1.54, 1.807) is 30.3 Å². The zero-order valence-electron chi connectivity index (χ0n) is 18.9. The number of benzene rings is 3. The van der Waals surface area contributed by atoms with Gasteiger partial charge in [0.05, 0.1) is 11.4 Å².